The average Bonchev–Trinajstić information content (AvgIpc) is 2.72. The molecule has 0 radical (unpaired) electrons. The number of imidazole rings is 1. The molecule has 0 amide bonds. The first kappa shape index (κ1) is 14.9. The van der Waals surface area contributed by atoms with Crippen LogP contribution in [0.2, 0.25) is 0 Å². The topological polar surface area (TPSA) is 78.0 Å². The van der Waals surface area contributed by atoms with Gasteiger partial charge in [-0.2, -0.15) is 0 Å². The van der Waals surface area contributed by atoms with Crippen molar-refractivity contribution in [1.29, 1.82) is 0 Å². The van der Waals surface area contributed by atoms with Gasteiger partial charge in [-0.25, -0.2) is 17.8 Å². The number of aryl methyl sites for hydroxylation is 1. The Morgan fingerprint density at radius 3 is 2.75 bits per heavy atom. The fourth-order valence-corrected chi connectivity index (χ4v) is 2.89. The van der Waals surface area contributed by atoms with E-state index in [1.54, 1.807) is 6.07 Å². The summed E-state index contributed by atoms with van der Waals surface area (Å²) in [7, 11) is -3.06. The van der Waals surface area contributed by atoms with E-state index in [0.717, 1.165) is 5.52 Å². The van der Waals surface area contributed by atoms with Crippen molar-refractivity contribution < 1.29 is 12.8 Å². The molecule has 5 nitrogen and oxygen atoms in total. The van der Waals surface area contributed by atoms with Gasteiger partial charge in [-0.1, -0.05) is 0 Å². The summed E-state index contributed by atoms with van der Waals surface area (Å²) in [6.45, 7) is 2.58. The van der Waals surface area contributed by atoms with Crippen LogP contribution in [0.1, 0.15) is 25.2 Å². The summed E-state index contributed by atoms with van der Waals surface area (Å²) in [6, 6.07) is 3.91. The molecule has 20 heavy (non-hydrogen) atoms. The van der Waals surface area contributed by atoms with Gasteiger partial charge >= 0.3 is 0 Å². The molecule has 2 rings (SSSR count). The second-order valence-corrected chi connectivity index (χ2v) is 7.13. The number of rotatable bonds is 5. The molecule has 7 heteroatoms. The van der Waals surface area contributed by atoms with Crippen molar-refractivity contribution in [1.82, 2.24) is 9.55 Å². The lowest BCUT2D eigenvalue weighted by Crippen LogP contribution is -2.19. The Kier molecular flexibility index (Phi) is 4.10. The highest BCUT2D eigenvalue weighted by Gasteiger charge is 2.18. The highest BCUT2D eigenvalue weighted by molar-refractivity contribution is 7.90. The van der Waals surface area contributed by atoms with Crippen LogP contribution in [0.5, 0.6) is 0 Å². The van der Waals surface area contributed by atoms with Crippen LogP contribution in [0.25, 0.3) is 11.0 Å². The van der Waals surface area contributed by atoms with Gasteiger partial charge in [-0.05, 0) is 25.5 Å². The molecule has 0 aliphatic carbocycles. The van der Waals surface area contributed by atoms with E-state index in [9.17, 15) is 12.8 Å². The first-order valence-corrected chi connectivity index (χ1v) is 8.47. The zero-order chi connectivity index (χ0) is 14.9. The lowest BCUT2D eigenvalue weighted by molar-refractivity contribution is 0.573. The first-order valence-electron chi connectivity index (χ1n) is 6.41. The van der Waals surface area contributed by atoms with Crippen molar-refractivity contribution in [2.24, 2.45) is 5.73 Å². The fraction of sp³-hybridized carbons (Fsp3) is 0.462. The minimum Gasteiger partial charge on any atom is -0.327 e. The molecular weight excluding hydrogens is 281 g/mol. The van der Waals surface area contributed by atoms with Crippen LogP contribution >= 0.6 is 0 Å². The highest BCUT2D eigenvalue weighted by atomic mass is 32.2. The molecule has 0 aliphatic rings. The van der Waals surface area contributed by atoms with Gasteiger partial charge in [0.2, 0.25) is 0 Å². The Morgan fingerprint density at radius 1 is 1.45 bits per heavy atom. The van der Waals surface area contributed by atoms with Gasteiger partial charge in [-0.15, -0.1) is 0 Å². The van der Waals surface area contributed by atoms with Crippen molar-refractivity contribution in [3.63, 3.8) is 0 Å². The number of sulfone groups is 1. The summed E-state index contributed by atoms with van der Waals surface area (Å²) in [5, 5.41) is 0. The molecule has 0 bridgehead atoms. The zero-order valence-corrected chi connectivity index (χ0v) is 12.3. The van der Waals surface area contributed by atoms with E-state index >= 15 is 0 Å². The lowest BCUT2D eigenvalue weighted by Gasteiger charge is -2.12. The molecule has 0 fully saturated rings. The van der Waals surface area contributed by atoms with Crippen molar-refractivity contribution >= 4 is 20.9 Å². The number of halogens is 1. The number of nitrogens with zero attached hydrogens (tertiary/aromatic N) is 2. The maximum atomic E-state index is 13.2. The zero-order valence-electron chi connectivity index (χ0n) is 11.5. The van der Waals surface area contributed by atoms with Crippen LogP contribution in [-0.2, 0) is 16.4 Å². The minimum atomic E-state index is -3.06. The fourth-order valence-electron chi connectivity index (χ4n) is 2.21. The van der Waals surface area contributed by atoms with Gasteiger partial charge in [0, 0.05) is 18.9 Å². The third-order valence-corrected chi connectivity index (χ3v) is 4.16. The molecule has 110 valence electrons. The van der Waals surface area contributed by atoms with Gasteiger partial charge < -0.3 is 10.3 Å². The molecule has 1 heterocycles. The third kappa shape index (κ3) is 3.16. The smallest absolute Gasteiger partial charge is 0.147 e. The van der Waals surface area contributed by atoms with E-state index in [2.05, 4.69) is 4.98 Å². The van der Waals surface area contributed by atoms with Crippen LogP contribution < -0.4 is 5.73 Å². The molecule has 2 N–H and O–H groups in total. The molecule has 0 saturated carbocycles. The maximum absolute atomic E-state index is 13.2. The molecule has 0 spiro atoms. The summed E-state index contributed by atoms with van der Waals surface area (Å²) in [4.78, 5) is 4.35. The molecule has 0 aliphatic heterocycles. The van der Waals surface area contributed by atoms with Gasteiger partial charge in [-0.3, -0.25) is 0 Å². The van der Waals surface area contributed by atoms with Crippen LogP contribution in [0.15, 0.2) is 18.2 Å². The van der Waals surface area contributed by atoms with E-state index in [-0.39, 0.29) is 11.6 Å². The molecule has 1 atom stereocenters. The average molecular weight is 299 g/mol. The maximum Gasteiger partial charge on any atom is 0.147 e. The molecule has 2 aromatic rings. The number of nitrogens with two attached hydrogens (primary N) is 1. The summed E-state index contributed by atoms with van der Waals surface area (Å²) in [5.41, 5.74) is 7.38. The predicted octanol–water partition coefficient (Wildman–Crippen LogP) is 1.63. The van der Waals surface area contributed by atoms with Crippen LogP contribution in [-0.4, -0.2) is 30.0 Å². The summed E-state index contributed by atoms with van der Waals surface area (Å²) >= 11 is 0. The van der Waals surface area contributed by atoms with Crippen molar-refractivity contribution in [3.8, 4) is 0 Å². The van der Waals surface area contributed by atoms with E-state index in [0.29, 0.717) is 24.3 Å². The van der Waals surface area contributed by atoms with Gasteiger partial charge in [0.05, 0.1) is 22.8 Å². The normalized spacial score (nSPS) is 13.8. The Balaban J connectivity index is 2.38. The monoisotopic (exact) mass is 299 g/mol. The van der Waals surface area contributed by atoms with E-state index in [1.165, 1.54) is 18.4 Å². The van der Waals surface area contributed by atoms with Gasteiger partial charge in [0.1, 0.15) is 21.5 Å². The number of hydrogen-bond acceptors (Lipinski definition) is 4. The van der Waals surface area contributed by atoms with Crippen molar-refractivity contribution in [3.05, 3.63) is 29.8 Å². The Labute approximate surface area is 117 Å². The predicted molar refractivity (Wildman–Crippen MR) is 76.6 cm³/mol. The quantitative estimate of drug-likeness (QED) is 0.910. The second-order valence-electron chi connectivity index (χ2n) is 4.87. The van der Waals surface area contributed by atoms with Crippen molar-refractivity contribution in [2.75, 3.05) is 12.0 Å². The minimum absolute atomic E-state index is 0.00937. The van der Waals surface area contributed by atoms with E-state index < -0.39 is 15.9 Å². The largest absolute Gasteiger partial charge is 0.327 e. The Hall–Kier alpha value is -1.47. The second kappa shape index (κ2) is 5.49. The Bertz CT molecular complexity index is 725. The summed E-state index contributed by atoms with van der Waals surface area (Å²) in [6.07, 6.45) is 1.47. The summed E-state index contributed by atoms with van der Waals surface area (Å²) < 4.78 is 37.5. The number of hydrogen-bond donors (Lipinski definition) is 1. The molecule has 1 aromatic carbocycles. The standard InChI is InChI=1S/C13H18FN3O2S/c1-3-17-12-5-4-9(14)8-11(12)16-13(17)10(15)6-7-20(2,18)19/h4-5,8,10H,3,6-7,15H2,1-2H3. The molecule has 0 saturated heterocycles. The van der Waals surface area contributed by atoms with Gasteiger partial charge in [0.15, 0.2) is 0 Å². The van der Waals surface area contributed by atoms with Crippen molar-refractivity contribution in [2.45, 2.75) is 25.9 Å². The molecular formula is C13H18FN3O2S. The van der Waals surface area contributed by atoms with Crippen LogP contribution in [0, 0.1) is 5.82 Å². The number of fused-ring (bicyclic) bond motifs is 1. The van der Waals surface area contributed by atoms with Gasteiger partial charge in [0.25, 0.3) is 0 Å². The number of aromatic nitrogens is 2. The van der Waals surface area contributed by atoms with E-state index in [4.69, 9.17) is 5.73 Å². The Morgan fingerprint density at radius 2 is 2.15 bits per heavy atom. The number of benzene rings is 1. The lowest BCUT2D eigenvalue weighted by atomic mass is 10.2. The SMILES string of the molecule is CCn1c(C(N)CCS(C)(=O)=O)nc2cc(F)ccc21. The highest BCUT2D eigenvalue weighted by Crippen LogP contribution is 2.22. The molecule has 1 unspecified atom stereocenters. The third-order valence-electron chi connectivity index (χ3n) is 3.19. The van der Waals surface area contributed by atoms with E-state index in [1.807, 2.05) is 11.5 Å². The molecule has 1 aromatic heterocycles. The van der Waals surface area contributed by atoms with Crippen LogP contribution in [0.4, 0.5) is 4.39 Å². The first-order chi connectivity index (χ1) is 9.31. The summed E-state index contributed by atoms with van der Waals surface area (Å²) in [5.74, 6) is 0.251. The van der Waals surface area contributed by atoms with Crippen LogP contribution in [0.3, 0.4) is 0 Å².